The molecule has 1 saturated heterocycles. The molecule has 3 aromatic rings. The number of para-hydroxylation sites is 1. The van der Waals surface area contributed by atoms with E-state index in [2.05, 4.69) is 27.5 Å². The standard InChI is InChI=1S/C30H31FN4O5/c1-3-40-26(36)13-12-23(16-21-14-15-32-28(21)37)33-30(39)27(18(2)19-8-10-22(31)11-9-19)35-29(38)25-17-20-6-4-5-7-24(20)34-25/h4-13,17,21,23,27,34H,2-3,14-16H2,1H3,(H,32,37)(H,33,39)(H,35,38)/b13-12+/t21-,23+,27-/m0/s1. The molecule has 3 atom stereocenters. The Balaban J connectivity index is 1.59. The Morgan fingerprint density at radius 2 is 1.90 bits per heavy atom. The number of fused-ring (bicyclic) bond motifs is 1. The summed E-state index contributed by atoms with van der Waals surface area (Å²) >= 11 is 0. The fraction of sp³-hybridized carbons (Fsp3) is 0.267. The van der Waals surface area contributed by atoms with Gasteiger partial charge >= 0.3 is 5.97 Å². The number of amides is 3. The normalized spacial score (nSPS) is 16.4. The van der Waals surface area contributed by atoms with Crippen molar-refractivity contribution in [2.75, 3.05) is 13.2 Å². The average Bonchev–Trinajstić information content (AvgIpc) is 3.56. The maximum absolute atomic E-state index is 13.7. The largest absolute Gasteiger partial charge is 0.463 e. The Morgan fingerprint density at radius 1 is 1.15 bits per heavy atom. The zero-order valence-corrected chi connectivity index (χ0v) is 22.0. The van der Waals surface area contributed by atoms with Crippen LogP contribution < -0.4 is 16.0 Å². The van der Waals surface area contributed by atoms with Crippen molar-refractivity contribution in [3.63, 3.8) is 0 Å². The Morgan fingerprint density at radius 3 is 2.58 bits per heavy atom. The number of aromatic amines is 1. The zero-order chi connectivity index (χ0) is 28.6. The lowest BCUT2D eigenvalue weighted by molar-refractivity contribution is -0.137. The Labute approximate surface area is 230 Å². The summed E-state index contributed by atoms with van der Waals surface area (Å²) < 4.78 is 18.5. The highest BCUT2D eigenvalue weighted by atomic mass is 19.1. The van der Waals surface area contributed by atoms with E-state index in [1.54, 1.807) is 13.0 Å². The van der Waals surface area contributed by atoms with Crippen LogP contribution >= 0.6 is 0 Å². The van der Waals surface area contributed by atoms with Gasteiger partial charge in [-0.2, -0.15) is 0 Å². The summed E-state index contributed by atoms with van der Waals surface area (Å²) in [5.41, 5.74) is 1.68. The molecular formula is C30H31FN4O5. The van der Waals surface area contributed by atoms with Crippen molar-refractivity contribution in [3.05, 3.63) is 90.4 Å². The highest BCUT2D eigenvalue weighted by Crippen LogP contribution is 2.21. The summed E-state index contributed by atoms with van der Waals surface area (Å²) in [6.45, 7) is 6.41. The molecule has 40 heavy (non-hydrogen) atoms. The van der Waals surface area contributed by atoms with Crippen LogP contribution in [-0.2, 0) is 19.1 Å². The maximum atomic E-state index is 13.7. The molecule has 9 nitrogen and oxygen atoms in total. The molecule has 208 valence electrons. The molecule has 0 saturated carbocycles. The van der Waals surface area contributed by atoms with Gasteiger partial charge in [-0.3, -0.25) is 14.4 Å². The van der Waals surface area contributed by atoms with Crippen LogP contribution in [0.1, 0.15) is 35.8 Å². The third-order valence-electron chi connectivity index (χ3n) is 6.66. The highest BCUT2D eigenvalue weighted by molar-refractivity contribution is 6.04. The predicted molar refractivity (Wildman–Crippen MR) is 148 cm³/mol. The van der Waals surface area contributed by atoms with Gasteiger partial charge in [-0.15, -0.1) is 0 Å². The van der Waals surface area contributed by atoms with E-state index in [1.807, 2.05) is 24.3 Å². The molecule has 1 fully saturated rings. The van der Waals surface area contributed by atoms with Crippen LogP contribution in [0.3, 0.4) is 0 Å². The molecule has 0 unspecified atom stereocenters. The van der Waals surface area contributed by atoms with Gasteiger partial charge < -0.3 is 25.7 Å². The van der Waals surface area contributed by atoms with Crippen molar-refractivity contribution in [1.29, 1.82) is 0 Å². The van der Waals surface area contributed by atoms with Gasteiger partial charge in [0.15, 0.2) is 0 Å². The van der Waals surface area contributed by atoms with Crippen LogP contribution in [0.5, 0.6) is 0 Å². The first-order valence-corrected chi connectivity index (χ1v) is 13.0. The number of nitrogens with one attached hydrogen (secondary N) is 4. The van der Waals surface area contributed by atoms with Gasteiger partial charge in [0, 0.05) is 35.5 Å². The second kappa shape index (κ2) is 12.9. The number of carbonyl (C=O) groups excluding carboxylic acids is 4. The first-order chi connectivity index (χ1) is 19.2. The number of benzene rings is 2. The Kier molecular flexibility index (Phi) is 9.11. The van der Waals surface area contributed by atoms with Gasteiger partial charge in [-0.05, 0) is 55.2 Å². The molecule has 4 rings (SSSR count). The van der Waals surface area contributed by atoms with E-state index < -0.39 is 35.7 Å². The van der Waals surface area contributed by atoms with Gasteiger partial charge in [0.1, 0.15) is 17.6 Å². The van der Waals surface area contributed by atoms with E-state index in [9.17, 15) is 23.6 Å². The number of H-pyrrole nitrogens is 1. The summed E-state index contributed by atoms with van der Waals surface area (Å²) in [6, 6.07) is 12.5. The lowest BCUT2D eigenvalue weighted by atomic mass is 9.96. The fourth-order valence-corrected chi connectivity index (χ4v) is 4.56. The molecule has 2 heterocycles. The number of halogens is 1. The quantitative estimate of drug-likeness (QED) is 0.217. The van der Waals surface area contributed by atoms with Crippen molar-refractivity contribution in [3.8, 4) is 0 Å². The van der Waals surface area contributed by atoms with Gasteiger partial charge in [-0.1, -0.05) is 43.0 Å². The van der Waals surface area contributed by atoms with Gasteiger partial charge in [0.25, 0.3) is 5.91 Å². The van der Waals surface area contributed by atoms with Crippen LogP contribution in [-0.4, -0.2) is 53.9 Å². The molecule has 2 aromatic carbocycles. The smallest absolute Gasteiger partial charge is 0.330 e. The predicted octanol–water partition coefficient (Wildman–Crippen LogP) is 3.25. The monoisotopic (exact) mass is 546 g/mol. The lowest BCUT2D eigenvalue weighted by Gasteiger charge is -2.24. The van der Waals surface area contributed by atoms with Crippen molar-refractivity contribution < 1.29 is 28.3 Å². The Hall–Kier alpha value is -4.73. The summed E-state index contributed by atoms with van der Waals surface area (Å²) in [4.78, 5) is 54.2. The molecule has 1 aliphatic heterocycles. The van der Waals surface area contributed by atoms with Crippen molar-refractivity contribution in [1.82, 2.24) is 20.9 Å². The minimum absolute atomic E-state index is 0.136. The second-order valence-corrected chi connectivity index (χ2v) is 9.45. The highest BCUT2D eigenvalue weighted by Gasteiger charge is 2.31. The van der Waals surface area contributed by atoms with Crippen LogP contribution in [0.2, 0.25) is 0 Å². The molecule has 10 heteroatoms. The third kappa shape index (κ3) is 7.02. The molecule has 4 N–H and O–H groups in total. The lowest BCUT2D eigenvalue weighted by Crippen LogP contribution is -2.50. The van der Waals surface area contributed by atoms with E-state index in [1.165, 1.54) is 36.4 Å². The SMILES string of the molecule is C=C(c1ccc(F)cc1)[C@H](NC(=O)c1cc2ccccc2[nH]1)C(=O)N[C@H](/C=C/C(=O)OCC)C[C@@H]1CCNC1=O. The van der Waals surface area contributed by atoms with Crippen LogP contribution in [0.4, 0.5) is 4.39 Å². The van der Waals surface area contributed by atoms with E-state index in [0.29, 0.717) is 18.5 Å². The molecule has 0 spiro atoms. The second-order valence-electron chi connectivity index (χ2n) is 9.45. The molecule has 1 aromatic heterocycles. The Bertz CT molecular complexity index is 1410. The van der Waals surface area contributed by atoms with Gasteiger partial charge in [-0.25, -0.2) is 9.18 Å². The third-order valence-corrected chi connectivity index (χ3v) is 6.66. The molecule has 1 aliphatic rings. The summed E-state index contributed by atoms with van der Waals surface area (Å²) in [5.74, 6) is -2.71. The minimum Gasteiger partial charge on any atom is -0.463 e. The summed E-state index contributed by atoms with van der Waals surface area (Å²) in [5, 5.41) is 9.15. The van der Waals surface area contributed by atoms with E-state index in [-0.39, 0.29) is 36.1 Å². The summed E-state index contributed by atoms with van der Waals surface area (Å²) in [6.07, 6.45) is 3.49. The number of esters is 1. The van der Waals surface area contributed by atoms with Crippen LogP contribution in [0.15, 0.2) is 73.3 Å². The topological polar surface area (TPSA) is 129 Å². The first kappa shape index (κ1) is 28.3. The number of ether oxygens (including phenoxy) is 1. The van der Waals surface area contributed by atoms with Crippen molar-refractivity contribution >= 4 is 40.2 Å². The van der Waals surface area contributed by atoms with E-state index in [0.717, 1.165) is 10.9 Å². The maximum Gasteiger partial charge on any atom is 0.330 e. The number of rotatable bonds is 11. The van der Waals surface area contributed by atoms with Gasteiger partial charge in [0.2, 0.25) is 11.8 Å². The van der Waals surface area contributed by atoms with E-state index in [4.69, 9.17) is 4.74 Å². The van der Waals surface area contributed by atoms with Crippen molar-refractivity contribution in [2.45, 2.75) is 31.8 Å². The van der Waals surface area contributed by atoms with E-state index >= 15 is 0 Å². The fourth-order valence-electron chi connectivity index (χ4n) is 4.56. The molecule has 0 aliphatic carbocycles. The zero-order valence-electron chi connectivity index (χ0n) is 22.0. The molecule has 0 radical (unpaired) electrons. The number of aromatic nitrogens is 1. The summed E-state index contributed by atoms with van der Waals surface area (Å²) in [7, 11) is 0. The molecular weight excluding hydrogens is 515 g/mol. The number of hydrogen-bond donors (Lipinski definition) is 4. The number of carbonyl (C=O) groups is 4. The average molecular weight is 547 g/mol. The van der Waals surface area contributed by atoms with Crippen molar-refractivity contribution in [2.24, 2.45) is 5.92 Å². The van der Waals surface area contributed by atoms with Crippen LogP contribution in [0.25, 0.3) is 16.5 Å². The molecule has 0 bridgehead atoms. The number of hydrogen-bond acceptors (Lipinski definition) is 5. The molecule has 3 amide bonds. The first-order valence-electron chi connectivity index (χ1n) is 13.0. The van der Waals surface area contributed by atoms with Gasteiger partial charge in [0.05, 0.1) is 6.61 Å². The van der Waals surface area contributed by atoms with Crippen LogP contribution in [0, 0.1) is 11.7 Å². The minimum atomic E-state index is -1.25.